The number of unbranched alkanes of at least 4 members (excludes halogenated alkanes) is 1. The highest BCUT2D eigenvalue weighted by atomic mass is 32.2. The Morgan fingerprint density at radius 1 is 0.816 bits per heavy atom. The number of nitrogens with two attached hydrogens (primary N) is 1. The monoisotopic (exact) mass is 710 g/mol. The molecule has 5 atom stereocenters. The Kier molecular flexibility index (Phi) is 20.2. The molecule has 1 aromatic carbocycles. The van der Waals surface area contributed by atoms with Crippen molar-refractivity contribution >= 4 is 47.8 Å². The Morgan fingerprint density at radius 2 is 1.35 bits per heavy atom. The van der Waals surface area contributed by atoms with Crippen molar-refractivity contribution in [2.24, 2.45) is 11.7 Å². The predicted molar refractivity (Wildman–Crippen MR) is 186 cm³/mol. The standard InChI is InChI=1S/C33H54N6O9S/c1-21(2)15-23(16-40)35-31(46)27(20-49-33(3,4)5)38-28(43)24(13-9-10-14-34)36-29(44)25(17-41)37-30(45)26(18-42)39-32(47)48-19-22-11-7-6-8-12-22/h6-8,11-12,16,21,23-27,41-42H,9-10,13-15,17-20,34H2,1-5H3,(H,35,46)(H,36,44)(H,37,45)(H,38,43)(H,39,47)/t23-,24-,25-,26-,27-/m0/s1. The molecule has 5 amide bonds. The summed E-state index contributed by atoms with van der Waals surface area (Å²) in [4.78, 5) is 76.8. The number of ether oxygens (including phenoxy) is 1. The van der Waals surface area contributed by atoms with Crippen molar-refractivity contribution in [2.75, 3.05) is 25.5 Å². The second-order valence-corrected chi connectivity index (χ2v) is 14.7. The van der Waals surface area contributed by atoms with E-state index >= 15 is 0 Å². The van der Waals surface area contributed by atoms with Crippen LogP contribution in [0.3, 0.4) is 0 Å². The van der Waals surface area contributed by atoms with Gasteiger partial charge in [-0.15, -0.1) is 0 Å². The van der Waals surface area contributed by atoms with Gasteiger partial charge in [-0.1, -0.05) is 65.0 Å². The first-order valence-corrected chi connectivity index (χ1v) is 17.3. The average molecular weight is 711 g/mol. The molecule has 0 spiro atoms. The highest BCUT2D eigenvalue weighted by molar-refractivity contribution is 8.00. The molecule has 0 radical (unpaired) electrons. The molecule has 0 bridgehead atoms. The van der Waals surface area contributed by atoms with Crippen LogP contribution in [0.25, 0.3) is 0 Å². The van der Waals surface area contributed by atoms with Crippen LogP contribution in [-0.4, -0.2) is 107 Å². The molecule has 0 aliphatic rings. The Labute approximate surface area is 292 Å². The lowest BCUT2D eigenvalue weighted by atomic mass is 10.0. The largest absolute Gasteiger partial charge is 0.445 e. The first-order chi connectivity index (χ1) is 23.1. The van der Waals surface area contributed by atoms with Gasteiger partial charge in [-0.3, -0.25) is 19.2 Å². The van der Waals surface area contributed by atoms with E-state index in [1.165, 1.54) is 11.8 Å². The van der Waals surface area contributed by atoms with Crippen LogP contribution in [0.5, 0.6) is 0 Å². The third-order valence-electron chi connectivity index (χ3n) is 6.93. The van der Waals surface area contributed by atoms with Crippen molar-refractivity contribution in [3.05, 3.63) is 35.9 Å². The fraction of sp³-hybridized carbons (Fsp3) is 0.636. The molecule has 9 N–H and O–H groups in total. The van der Waals surface area contributed by atoms with Crippen molar-refractivity contribution < 1.29 is 43.7 Å². The summed E-state index contributed by atoms with van der Waals surface area (Å²) >= 11 is 1.43. The number of aliphatic hydroxyl groups is 2. The molecule has 1 rings (SSSR count). The molecule has 1 aromatic rings. The van der Waals surface area contributed by atoms with Gasteiger partial charge < -0.3 is 52.1 Å². The molecule has 0 saturated carbocycles. The number of nitrogens with one attached hydrogen (secondary N) is 5. The molecule has 0 saturated heterocycles. The van der Waals surface area contributed by atoms with Gasteiger partial charge in [0.2, 0.25) is 23.6 Å². The van der Waals surface area contributed by atoms with Crippen LogP contribution >= 0.6 is 11.8 Å². The molecule has 0 aliphatic carbocycles. The van der Waals surface area contributed by atoms with Crippen LogP contribution in [0.4, 0.5) is 4.79 Å². The Balaban J connectivity index is 3.02. The quantitative estimate of drug-likeness (QED) is 0.0594. The molecule has 16 heteroatoms. The van der Waals surface area contributed by atoms with E-state index in [2.05, 4.69) is 26.6 Å². The molecule has 0 aliphatic heterocycles. The number of thioether (sulfide) groups is 1. The van der Waals surface area contributed by atoms with Gasteiger partial charge in [0.1, 0.15) is 37.1 Å². The molecule has 15 nitrogen and oxygen atoms in total. The number of rotatable bonds is 22. The Bertz CT molecular complexity index is 1200. The number of aldehydes is 1. The van der Waals surface area contributed by atoms with Gasteiger partial charge in [-0.25, -0.2) is 4.79 Å². The Morgan fingerprint density at radius 3 is 1.88 bits per heavy atom. The average Bonchev–Trinajstić information content (AvgIpc) is 3.05. The van der Waals surface area contributed by atoms with Gasteiger partial charge in [-0.2, -0.15) is 11.8 Å². The summed E-state index contributed by atoms with van der Waals surface area (Å²) in [6.45, 7) is 8.20. The number of carbonyl (C=O) groups excluding carboxylic acids is 6. The SMILES string of the molecule is CC(C)C[C@@H](C=O)NC(=O)[C@H](CSC(C)(C)C)NC(=O)[C@H](CCCCN)NC(=O)[C@H](CO)NC(=O)[C@H](CO)NC(=O)OCc1ccccc1. The van der Waals surface area contributed by atoms with E-state index in [-0.39, 0.29) is 29.4 Å². The van der Waals surface area contributed by atoms with Crippen LogP contribution in [0.2, 0.25) is 0 Å². The topological polar surface area (TPSA) is 238 Å². The van der Waals surface area contributed by atoms with E-state index in [1.54, 1.807) is 30.3 Å². The molecule has 276 valence electrons. The van der Waals surface area contributed by atoms with E-state index < -0.39 is 73.1 Å². The fourth-order valence-electron chi connectivity index (χ4n) is 4.33. The molecular formula is C33H54N6O9S. The van der Waals surface area contributed by atoms with Gasteiger partial charge in [0.05, 0.1) is 19.3 Å². The molecular weight excluding hydrogens is 656 g/mol. The van der Waals surface area contributed by atoms with Crippen molar-refractivity contribution in [3.8, 4) is 0 Å². The highest BCUT2D eigenvalue weighted by Crippen LogP contribution is 2.24. The fourth-order valence-corrected chi connectivity index (χ4v) is 5.23. The summed E-state index contributed by atoms with van der Waals surface area (Å²) in [5, 5.41) is 32.0. The lowest BCUT2D eigenvalue weighted by Crippen LogP contribution is -2.60. The number of amides is 5. The predicted octanol–water partition coefficient (Wildman–Crippen LogP) is 0.111. The molecule has 0 aromatic heterocycles. The zero-order valence-corrected chi connectivity index (χ0v) is 29.8. The van der Waals surface area contributed by atoms with Crippen molar-refractivity contribution in [2.45, 2.75) is 102 Å². The number of aliphatic hydroxyl groups excluding tert-OH is 2. The maximum Gasteiger partial charge on any atom is 0.408 e. The summed E-state index contributed by atoms with van der Waals surface area (Å²) < 4.78 is 4.82. The maximum atomic E-state index is 13.6. The number of carbonyl (C=O) groups is 6. The smallest absolute Gasteiger partial charge is 0.408 e. The molecule has 0 heterocycles. The summed E-state index contributed by atoms with van der Waals surface area (Å²) in [6.07, 6.45) is 1.16. The first kappa shape index (κ1) is 43.3. The van der Waals surface area contributed by atoms with Gasteiger partial charge in [0, 0.05) is 10.5 Å². The summed E-state index contributed by atoms with van der Waals surface area (Å²) in [5.74, 6) is -2.84. The number of benzene rings is 1. The minimum absolute atomic E-state index is 0.0885. The van der Waals surface area contributed by atoms with Crippen LogP contribution in [0, 0.1) is 5.92 Å². The van der Waals surface area contributed by atoms with E-state index in [0.29, 0.717) is 37.7 Å². The summed E-state index contributed by atoms with van der Waals surface area (Å²) in [6, 6.07) is 2.71. The van der Waals surface area contributed by atoms with Crippen molar-refractivity contribution in [1.29, 1.82) is 0 Å². The van der Waals surface area contributed by atoms with Gasteiger partial charge in [-0.05, 0) is 43.7 Å². The third-order valence-corrected chi connectivity index (χ3v) is 8.30. The van der Waals surface area contributed by atoms with Crippen LogP contribution < -0.4 is 32.3 Å². The van der Waals surface area contributed by atoms with Crippen LogP contribution in [-0.2, 0) is 35.3 Å². The lowest BCUT2D eigenvalue weighted by Gasteiger charge is -2.27. The van der Waals surface area contributed by atoms with Gasteiger partial charge in [0.25, 0.3) is 0 Å². The summed E-state index contributed by atoms with van der Waals surface area (Å²) in [5.41, 5.74) is 6.32. The second-order valence-electron chi connectivity index (χ2n) is 12.9. The minimum Gasteiger partial charge on any atom is -0.445 e. The third kappa shape index (κ3) is 18.0. The van der Waals surface area contributed by atoms with E-state index in [9.17, 15) is 39.0 Å². The number of hydrogen-bond acceptors (Lipinski definition) is 11. The van der Waals surface area contributed by atoms with E-state index in [1.807, 2.05) is 34.6 Å². The Hall–Kier alpha value is -3.73. The zero-order valence-electron chi connectivity index (χ0n) is 29.0. The second kappa shape index (κ2) is 22.8. The lowest BCUT2D eigenvalue weighted by molar-refractivity contribution is -0.135. The van der Waals surface area contributed by atoms with Gasteiger partial charge >= 0.3 is 6.09 Å². The van der Waals surface area contributed by atoms with Gasteiger partial charge in [0.15, 0.2) is 0 Å². The summed E-state index contributed by atoms with van der Waals surface area (Å²) in [7, 11) is 0. The normalized spacial score (nSPS) is 14.4. The van der Waals surface area contributed by atoms with E-state index in [4.69, 9.17) is 10.5 Å². The molecule has 49 heavy (non-hydrogen) atoms. The molecule has 0 fully saturated rings. The van der Waals surface area contributed by atoms with E-state index in [0.717, 1.165) is 0 Å². The minimum atomic E-state index is -1.56. The zero-order chi connectivity index (χ0) is 37.0. The number of hydrogen-bond donors (Lipinski definition) is 8. The first-order valence-electron chi connectivity index (χ1n) is 16.3. The van der Waals surface area contributed by atoms with Crippen molar-refractivity contribution in [1.82, 2.24) is 26.6 Å². The molecule has 0 unspecified atom stereocenters. The maximum absolute atomic E-state index is 13.6. The number of alkyl carbamates (subject to hydrolysis) is 1. The highest BCUT2D eigenvalue weighted by Gasteiger charge is 2.32. The van der Waals surface area contributed by atoms with Crippen LogP contribution in [0.1, 0.15) is 65.9 Å². The van der Waals surface area contributed by atoms with Crippen molar-refractivity contribution in [3.63, 3.8) is 0 Å². The van der Waals surface area contributed by atoms with Crippen LogP contribution in [0.15, 0.2) is 30.3 Å².